The van der Waals surface area contributed by atoms with Gasteiger partial charge in [-0.1, -0.05) is 6.08 Å². The summed E-state index contributed by atoms with van der Waals surface area (Å²) in [7, 11) is 0. The molecule has 0 radical (unpaired) electrons. The van der Waals surface area contributed by atoms with Crippen molar-refractivity contribution in [3.05, 3.63) is 35.9 Å². The second-order valence-electron chi connectivity index (χ2n) is 6.90. The molecule has 1 aromatic heterocycles. The molecule has 6 heteroatoms. The summed E-state index contributed by atoms with van der Waals surface area (Å²) < 4.78 is 25.0. The number of fused-ring (bicyclic) bond motifs is 2. The largest absolute Gasteiger partial charge is 0.444 e. The Balaban J connectivity index is 1.88. The molecule has 1 amide bonds. The minimum absolute atomic E-state index is 0.142. The fraction of sp³-hybridized carbons (Fsp3) is 0.529. The van der Waals surface area contributed by atoms with E-state index in [4.69, 9.17) is 9.47 Å². The van der Waals surface area contributed by atoms with Crippen molar-refractivity contribution in [3.8, 4) is 0 Å². The Morgan fingerprint density at radius 2 is 2.22 bits per heavy atom. The van der Waals surface area contributed by atoms with Crippen LogP contribution >= 0.6 is 0 Å². The van der Waals surface area contributed by atoms with Gasteiger partial charge in [0.2, 0.25) is 0 Å². The van der Waals surface area contributed by atoms with Crippen molar-refractivity contribution in [2.24, 2.45) is 0 Å². The zero-order valence-electron chi connectivity index (χ0n) is 13.6. The van der Waals surface area contributed by atoms with Gasteiger partial charge in [-0.25, -0.2) is 9.18 Å². The van der Waals surface area contributed by atoms with E-state index in [-0.39, 0.29) is 24.0 Å². The van der Waals surface area contributed by atoms with Crippen molar-refractivity contribution >= 4 is 11.7 Å². The summed E-state index contributed by atoms with van der Waals surface area (Å²) in [5, 5.41) is 0. The Bertz CT molecular complexity index is 639. The second-order valence-corrected chi connectivity index (χ2v) is 6.90. The highest BCUT2D eigenvalue weighted by atomic mass is 19.1. The molecule has 124 valence electrons. The Labute approximate surface area is 135 Å². The van der Waals surface area contributed by atoms with Gasteiger partial charge in [0.25, 0.3) is 0 Å². The third-order valence-corrected chi connectivity index (χ3v) is 3.92. The normalized spacial score (nSPS) is 24.2. The van der Waals surface area contributed by atoms with Crippen LogP contribution in [0.2, 0.25) is 0 Å². The fourth-order valence-corrected chi connectivity index (χ4v) is 3.03. The van der Waals surface area contributed by atoms with Gasteiger partial charge in [0.15, 0.2) is 0 Å². The molecular formula is C17H21FN2O3. The molecule has 1 aromatic rings. The lowest BCUT2D eigenvalue weighted by atomic mass is 9.90. The highest BCUT2D eigenvalue weighted by Crippen LogP contribution is 2.34. The monoisotopic (exact) mass is 320 g/mol. The zero-order chi connectivity index (χ0) is 16.6. The zero-order valence-corrected chi connectivity index (χ0v) is 13.6. The van der Waals surface area contributed by atoms with Crippen molar-refractivity contribution in [1.82, 2.24) is 9.88 Å². The van der Waals surface area contributed by atoms with Crippen LogP contribution in [0.25, 0.3) is 5.57 Å². The number of morpholine rings is 1. The number of nitrogens with zero attached hydrogens (tertiary/aromatic N) is 2. The molecule has 0 saturated carbocycles. The molecule has 2 aliphatic rings. The molecule has 23 heavy (non-hydrogen) atoms. The van der Waals surface area contributed by atoms with Gasteiger partial charge in [0, 0.05) is 11.8 Å². The number of hydrogen-bond donors (Lipinski definition) is 0. The molecule has 3 rings (SSSR count). The number of ether oxygens (including phenoxy) is 2. The highest BCUT2D eigenvalue weighted by Gasteiger charge is 2.40. The molecule has 2 bridgehead atoms. The first-order valence-corrected chi connectivity index (χ1v) is 7.75. The van der Waals surface area contributed by atoms with Gasteiger partial charge < -0.3 is 9.47 Å². The number of amides is 1. The van der Waals surface area contributed by atoms with E-state index in [1.165, 1.54) is 6.20 Å². The quantitative estimate of drug-likeness (QED) is 0.798. The first-order chi connectivity index (χ1) is 10.8. The van der Waals surface area contributed by atoms with Crippen LogP contribution in [0.4, 0.5) is 9.18 Å². The number of carbonyl (C=O) groups excluding carboxylic acids is 1. The summed E-state index contributed by atoms with van der Waals surface area (Å²) in [6, 6.07) is 1.29. The average Bonchev–Trinajstić information content (AvgIpc) is 2.44. The molecule has 3 heterocycles. The van der Waals surface area contributed by atoms with Crippen LogP contribution in [-0.4, -0.2) is 46.9 Å². The van der Waals surface area contributed by atoms with Gasteiger partial charge in [0.05, 0.1) is 31.5 Å². The lowest BCUT2D eigenvalue weighted by Crippen LogP contribution is -2.57. The summed E-state index contributed by atoms with van der Waals surface area (Å²) in [6.45, 7) is 6.35. The molecule has 2 aliphatic heterocycles. The number of pyridine rings is 1. The summed E-state index contributed by atoms with van der Waals surface area (Å²) in [5.41, 5.74) is 0.886. The Morgan fingerprint density at radius 3 is 2.87 bits per heavy atom. The maximum atomic E-state index is 14.0. The van der Waals surface area contributed by atoms with Gasteiger partial charge >= 0.3 is 6.09 Å². The first kappa shape index (κ1) is 15.9. The summed E-state index contributed by atoms with van der Waals surface area (Å²) >= 11 is 0. The van der Waals surface area contributed by atoms with E-state index in [1.807, 2.05) is 26.8 Å². The standard InChI is InChI=1S/C17H21FN2O3/c1-17(2,3)23-16(21)20-12-6-11(7-13(20)10-22-9-12)14-4-5-19-8-15(14)18/h4-6,8,12-13H,7,9-10H2,1-3H3. The topological polar surface area (TPSA) is 51.7 Å². The third kappa shape index (κ3) is 3.37. The molecule has 5 nitrogen and oxygen atoms in total. The van der Waals surface area contributed by atoms with Crippen molar-refractivity contribution in [2.45, 2.75) is 44.9 Å². The number of hydrogen-bond acceptors (Lipinski definition) is 4. The molecule has 0 spiro atoms. The Hall–Kier alpha value is -1.95. The molecule has 1 fully saturated rings. The van der Waals surface area contributed by atoms with E-state index >= 15 is 0 Å². The van der Waals surface area contributed by atoms with Crippen LogP contribution in [0.15, 0.2) is 24.5 Å². The van der Waals surface area contributed by atoms with Gasteiger partial charge in [-0.3, -0.25) is 9.88 Å². The molecule has 2 atom stereocenters. The lowest BCUT2D eigenvalue weighted by Gasteiger charge is -2.44. The Kier molecular flexibility index (Phi) is 4.10. The molecule has 0 N–H and O–H groups in total. The SMILES string of the molecule is CC(C)(C)OC(=O)N1C2C=C(c3ccncc3F)CC1COC2. The van der Waals surface area contributed by atoms with Crippen LogP contribution < -0.4 is 0 Å². The van der Waals surface area contributed by atoms with Crippen LogP contribution in [-0.2, 0) is 9.47 Å². The predicted octanol–water partition coefficient (Wildman–Crippen LogP) is 3.01. The summed E-state index contributed by atoms with van der Waals surface area (Å²) in [5.74, 6) is -0.344. The molecule has 0 aliphatic carbocycles. The van der Waals surface area contributed by atoms with Crippen molar-refractivity contribution < 1.29 is 18.7 Å². The van der Waals surface area contributed by atoms with Crippen LogP contribution in [0.5, 0.6) is 0 Å². The van der Waals surface area contributed by atoms with Gasteiger partial charge in [0.1, 0.15) is 11.4 Å². The number of rotatable bonds is 1. The van der Waals surface area contributed by atoms with E-state index < -0.39 is 5.60 Å². The fourth-order valence-electron chi connectivity index (χ4n) is 3.03. The first-order valence-electron chi connectivity index (χ1n) is 7.75. The number of carbonyl (C=O) groups is 1. The Morgan fingerprint density at radius 1 is 1.43 bits per heavy atom. The third-order valence-electron chi connectivity index (χ3n) is 3.92. The van der Waals surface area contributed by atoms with E-state index in [0.29, 0.717) is 25.2 Å². The van der Waals surface area contributed by atoms with Gasteiger partial charge in [-0.2, -0.15) is 0 Å². The maximum absolute atomic E-state index is 14.0. The van der Waals surface area contributed by atoms with Gasteiger partial charge in [-0.15, -0.1) is 0 Å². The van der Waals surface area contributed by atoms with Crippen LogP contribution in [0.3, 0.4) is 0 Å². The molecule has 2 unspecified atom stereocenters. The van der Waals surface area contributed by atoms with Crippen molar-refractivity contribution in [2.75, 3.05) is 13.2 Å². The summed E-state index contributed by atoms with van der Waals surface area (Å²) in [6.07, 6.45) is 4.88. The lowest BCUT2D eigenvalue weighted by molar-refractivity contribution is -0.0510. The minimum Gasteiger partial charge on any atom is -0.444 e. The van der Waals surface area contributed by atoms with E-state index in [2.05, 4.69) is 4.98 Å². The maximum Gasteiger partial charge on any atom is 0.411 e. The van der Waals surface area contributed by atoms with Crippen LogP contribution in [0.1, 0.15) is 32.8 Å². The van der Waals surface area contributed by atoms with Gasteiger partial charge in [-0.05, 0) is 38.8 Å². The molecular weight excluding hydrogens is 299 g/mol. The summed E-state index contributed by atoms with van der Waals surface area (Å²) in [4.78, 5) is 18.0. The average molecular weight is 320 g/mol. The minimum atomic E-state index is -0.548. The molecule has 0 aromatic carbocycles. The number of halogens is 1. The van der Waals surface area contributed by atoms with Crippen molar-refractivity contribution in [1.29, 1.82) is 0 Å². The van der Waals surface area contributed by atoms with E-state index in [0.717, 1.165) is 5.57 Å². The highest BCUT2D eigenvalue weighted by molar-refractivity contribution is 5.74. The smallest absolute Gasteiger partial charge is 0.411 e. The predicted molar refractivity (Wildman–Crippen MR) is 83.3 cm³/mol. The second kappa shape index (κ2) is 5.92. The van der Waals surface area contributed by atoms with Crippen molar-refractivity contribution in [3.63, 3.8) is 0 Å². The van der Waals surface area contributed by atoms with E-state index in [1.54, 1.807) is 17.2 Å². The van der Waals surface area contributed by atoms with E-state index in [9.17, 15) is 9.18 Å². The van der Waals surface area contributed by atoms with Crippen LogP contribution in [0, 0.1) is 5.82 Å². The number of aromatic nitrogens is 1. The molecule has 1 saturated heterocycles.